The third-order valence-corrected chi connectivity index (χ3v) is 3.57. The molecule has 0 fully saturated rings. The lowest BCUT2D eigenvalue weighted by Gasteiger charge is -2.22. The summed E-state index contributed by atoms with van der Waals surface area (Å²) in [6.07, 6.45) is 2.01. The molecule has 1 aromatic rings. The van der Waals surface area contributed by atoms with Crippen molar-refractivity contribution in [1.29, 1.82) is 0 Å². The number of nitrogens with zero attached hydrogens (tertiary/aromatic N) is 3. The summed E-state index contributed by atoms with van der Waals surface area (Å²) in [7, 11) is 1.76. The van der Waals surface area contributed by atoms with Gasteiger partial charge >= 0.3 is 0 Å². The monoisotopic (exact) mass is 246 g/mol. The molecular weight excluding hydrogens is 232 g/mol. The summed E-state index contributed by atoms with van der Waals surface area (Å²) in [6.45, 7) is 2.00. The molecule has 1 atom stereocenters. The first-order valence-electron chi connectivity index (χ1n) is 4.41. The van der Waals surface area contributed by atoms with E-state index in [0.29, 0.717) is 10.1 Å². The van der Waals surface area contributed by atoms with E-state index in [2.05, 4.69) is 10.2 Å². The fourth-order valence-electron chi connectivity index (χ4n) is 1.03. The largest absolute Gasteiger partial charge is 0.374 e. The quantitative estimate of drug-likeness (QED) is 0.856. The van der Waals surface area contributed by atoms with Gasteiger partial charge in [-0.05, 0) is 13.2 Å². The van der Waals surface area contributed by atoms with Crippen LogP contribution >= 0.6 is 23.1 Å². The number of nitrogens with two attached hydrogens (primary N) is 1. The van der Waals surface area contributed by atoms with Crippen molar-refractivity contribution in [2.75, 3.05) is 24.8 Å². The smallest absolute Gasteiger partial charge is 0.284 e. The maximum atomic E-state index is 11.8. The van der Waals surface area contributed by atoms with Crippen LogP contribution in [0.1, 0.15) is 16.7 Å². The van der Waals surface area contributed by atoms with Gasteiger partial charge < -0.3 is 10.6 Å². The van der Waals surface area contributed by atoms with Crippen LogP contribution in [0.5, 0.6) is 0 Å². The third kappa shape index (κ3) is 3.07. The summed E-state index contributed by atoms with van der Waals surface area (Å²) >= 11 is 2.82. The number of amides is 1. The Bertz CT molecular complexity index is 341. The van der Waals surface area contributed by atoms with E-state index >= 15 is 0 Å². The van der Waals surface area contributed by atoms with Crippen LogP contribution in [0, 0.1) is 0 Å². The van der Waals surface area contributed by atoms with Crippen molar-refractivity contribution in [1.82, 2.24) is 15.1 Å². The molecule has 0 radical (unpaired) electrons. The van der Waals surface area contributed by atoms with E-state index in [0.717, 1.165) is 17.1 Å². The number of thioether (sulfide) groups is 1. The van der Waals surface area contributed by atoms with E-state index < -0.39 is 0 Å². The van der Waals surface area contributed by atoms with Crippen molar-refractivity contribution in [3.05, 3.63) is 5.01 Å². The SMILES string of the molecule is CSCC(C)N(C)C(=O)c1nnc(N)s1. The van der Waals surface area contributed by atoms with E-state index in [1.807, 2.05) is 13.2 Å². The summed E-state index contributed by atoms with van der Waals surface area (Å²) in [4.78, 5) is 13.5. The normalized spacial score (nSPS) is 12.5. The Labute approximate surface area is 97.1 Å². The highest BCUT2D eigenvalue weighted by Gasteiger charge is 2.20. The van der Waals surface area contributed by atoms with E-state index in [9.17, 15) is 4.79 Å². The molecule has 0 aromatic carbocycles. The van der Waals surface area contributed by atoms with Crippen molar-refractivity contribution in [2.45, 2.75) is 13.0 Å². The first-order chi connectivity index (χ1) is 7.06. The average Bonchev–Trinajstić information content (AvgIpc) is 2.63. The minimum Gasteiger partial charge on any atom is -0.374 e. The minimum atomic E-state index is -0.120. The number of hydrogen-bond donors (Lipinski definition) is 1. The third-order valence-electron chi connectivity index (χ3n) is 2.01. The maximum absolute atomic E-state index is 11.8. The van der Waals surface area contributed by atoms with E-state index in [-0.39, 0.29) is 11.9 Å². The first-order valence-corrected chi connectivity index (χ1v) is 6.62. The van der Waals surface area contributed by atoms with Gasteiger partial charge in [-0.2, -0.15) is 11.8 Å². The predicted molar refractivity (Wildman–Crippen MR) is 64.3 cm³/mol. The first kappa shape index (κ1) is 12.3. The van der Waals surface area contributed by atoms with Gasteiger partial charge in [0, 0.05) is 18.8 Å². The molecule has 0 saturated heterocycles. The lowest BCUT2D eigenvalue weighted by molar-refractivity contribution is 0.0756. The Balaban J connectivity index is 2.68. The molecular formula is C8H14N4OS2. The van der Waals surface area contributed by atoms with Gasteiger partial charge in [0.05, 0.1) is 0 Å². The molecule has 7 heteroatoms. The van der Waals surface area contributed by atoms with Gasteiger partial charge in [-0.15, -0.1) is 10.2 Å². The molecule has 0 aliphatic rings. The summed E-state index contributed by atoms with van der Waals surface area (Å²) in [5, 5.41) is 8.02. The molecule has 5 nitrogen and oxygen atoms in total. The number of nitrogen functional groups attached to an aromatic ring is 1. The second-order valence-corrected chi connectivity index (χ2v) is 5.09. The van der Waals surface area contributed by atoms with Crippen LogP contribution in [0.25, 0.3) is 0 Å². The average molecular weight is 246 g/mol. The minimum absolute atomic E-state index is 0.120. The number of carbonyl (C=O) groups excluding carboxylic acids is 1. The van der Waals surface area contributed by atoms with Crippen LogP contribution in [-0.4, -0.2) is 46.1 Å². The number of anilines is 1. The molecule has 15 heavy (non-hydrogen) atoms. The van der Waals surface area contributed by atoms with E-state index in [1.165, 1.54) is 0 Å². The summed E-state index contributed by atoms with van der Waals surface area (Å²) in [6, 6.07) is 0.178. The lowest BCUT2D eigenvalue weighted by Crippen LogP contribution is -2.36. The molecule has 0 spiro atoms. The van der Waals surface area contributed by atoms with Crippen LogP contribution in [0.3, 0.4) is 0 Å². The zero-order valence-electron chi connectivity index (χ0n) is 8.93. The van der Waals surface area contributed by atoms with Crippen LogP contribution in [0.4, 0.5) is 5.13 Å². The fraction of sp³-hybridized carbons (Fsp3) is 0.625. The van der Waals surface area contributed by atoms with Gasteiger partial charge in [-0.1, -0.05) is 11.3 Å². The highest BCUT2D eigenvalue weighted by atomic mass is 32.2. The van der Waals surface area contributed by atoms with Crippen molar-refractivity contribution in [3.63, 3.8) is 0 Å². The topological polar surface area (TPSA) is 72.1 Å². The van der Waals surface area contributed by atoms with E-state index in [1.54, 1.807) is 23.7 Å². The molecule has 84 valence electrons. The van der Waals surface area contributed by atoms with Crippen LogP contribution in [0.2, 0.25) is 0 Å². The molecule has 0 aliphatic heterocycles. The Morgan fingerprint density at radius 3 is 2.80 bits per heavy atom. The number of aromatic nitrogens is 2. The maximum Gasteiger partial charge on any atom is 0.284 e. The highest BCUT2D eigenvalue weighted by molar-refractivity contribution is 7.98. The van der Waals surface area contributed by atoms with Crippen molar-refractivity contribution in [3.8, 4) is 0 Å². The Morgan fingerprint density at radius 1 is 1.67 bits per heavy atom. The zero-order chi connectivity index (χ0) is 11.4. The molecule has 0 aliphatic carbocycles. The van der Waals surface area contributed by atoms with Crippen molar-refractivity contribution >= 4 is 34.1 Å². The highest BCUT2D eigenvalue weighted by Crippen LogP contribution is 2.15. The summed E-state index contributed by atoms with van der Waals surface area (Å²) in [5.74, 6) is 0.780. The lowest BCUT2D eigenvalue weighted by atomic mass is 10.3. The molecule has 0 bridgehead atoms. The zero-order valence-corrected chi connectivity index (χ0v) is 10.6. The van der Waals surface area contributed by atoms with Crippen LogP contribution < -0.4 is 5.73 Å². The van der Waals surface area contributed by atoms with Crippen molar-refractivity contribution < 1.29 is 4.79 Å². The summed E-state index contributed by atoms with van der Waals surface area (Å²) in [5.41, 5.74) is 5.42. The van der Waals surface area contributed by atoms with Gasteiger partial charge in [0.15, 0.2) is 0 Å². The number of rotatable bonds is 4. The fourth-order valence-corrected chi connectivity index (χ4v) is 2.32. The van der Waals surface area contributed by atoms with Crippen molar-refractivity contribution in [2.24, 2.45) is 0 Å². The van der Waals surface area contributed by atoms with Gasteiger partial charge in [0.1, 0.15) is 0 Å². The van der Waals surface area contributed by atoms with Gasteiger partial charge in [-0.25, -0.2) is 0 Å². The molecule has 1 heterocycles. The Kier molecular flexibility index (Phi) is 4.34. The second-order valence-electron chi connectivity index (χ2n) is 3.17. The number of carbonyl (C=O) groups is 1. The number of hydrogen-bond acceptors (Lipinski definition) is 6. The summed E-state index contributed by atoms with van der Waals surface area (Å²) < 4.78 is 0. The van der Waals surface area contributed by atoms with E-state index in [4.69, 9.17) is 5.73 Å². The van der Waals surface area contributed by atoms with Gasteiger partial charge in [-0.3, -0.25) is 4.79 Å². The molecule has 1 aromatic heterocycles. The van der Waals surface area contributed by atoms with Crippen LogP contribution in [0.15, 0.2) is 0 Å². The molecule has 0 saturated carbocycles. The second kappa shape index (κ2) is 5.32. The standard InChI is InChI=1S/C8H14N4OS2/c1-5(4-14-3)12(2)7(13)6-10-11-8(9)15-6/h5H,4H2,1-3H3,(H2,9,11). The molecule has 2 N–H and O–H groups in total. The Morgan fingerprint density at radius 2 is 2.33 bits per heavy atom. The molecule has 1 rings (SSSR count). The van der Waals surface area contributed by atoms with Gasteiger partial charge in [0.2, 0.25) is 10.1 Å². The molecule has 1 unspecified atom stereocenters. The predicted octanol–water partition coefficient (Wildman–Crippen LogP) is 0.944. The van der Waals surface area contributed by atoms with Crippen LogP contribution in [-0.2, 0) is 0 Å². The Hall–Kier alpha value is -0.820. The van der Waals surface area contributed by atoms with Gasteiger partial charge in [0.25, 0.3) is 5.91 Å². The molecule has 1 amide bonds.